The molecule has 1 aromatic rings. The Labute approximate surface area is 89.0 Å². The number of phenolic OH excluding ortho intramolecular Hbond substituents is 1. The summed E-state index contributed by atoms with van der Waals surface area (Å²) in [4.78, 5) is 0.0477. The van der Waals surface area contributed by atoms with Crippen molar-refractivity contribution in [1.29, 1.82) is 0 Å². The predicted octanol–water partition coefficient (Wildman–Crippen LogP) is 0.661. The van der Waals surface area contributed by atoms with Gasteiger partial charge in [-0.3, -0.25) is 0 Å². The highest BCUT2D eigenvalue weighted by Gasteiger charge is 2.16. The Balaban J connectivity index is 3.11. The van der Waals surface area contributed by atoms with E-state index in [1.54, 1.807) is 13.8 Å². The largest absolute Gasteiger partial charge is 0.506 e. The lowest BCUT2D eigenvalue weighted by Gasteiger charge is -2.10. The van der Waals surface area contributed by atoms with Crippen molar-refractivity contribution in [2.45, 2.75) is 24.8 Å². The standard InChI is InChI=1S/C9H14N2O3S/c1-6(2)11-15(13,14)7-3-4-9(12)8(10)5-7/h3-6,11-12H,10H2,1-2H3. The van der Waals surface area contributed by atoms with E-state index in [1.807, 2.05) is 0 Å². The number of anilines is 1. The van der Waals surface area contributed by atoms with Gasteiger partial charge in [-0.05, 0) is 32.0 Å². The van der Waals surface area contributed by atoms with Crippen LogP contribution in [0.4, 0.5) is 5.69 Å². The Hall–Kier alpha value is -1.27. The molecule has 15 heavy (non-hydrogen) atoms. The molecule has 0 saturated carbocycles. The molecule has 0 aliphatic carbocycles. The van der Waals surface area contributed by atoms with Crippen molar-refractivity contribution < 1.29 is 13.5 Å². The van der Waals surface area contributed by atoms with Gasteiger partial charge in [-0.2, -0.15) is 0 Å². The molecule has 84 valence electrons. The van der Waals surface area contributed by atoms with Gasteiger partial charge >= 0.3 is 0 Å². The predicted molar refractivity (Wildman–Crippen MR) is 58.0 cm³/mol. The molecule has 0 aromatic heterocycles. The summed E-state index contributed by atoms with van der Waals surface area (Å²) in [6.45, 7) is 3.45. The van der Waals surface area contributed by atoms with E-state index in [1.165, 1.54) is 18.2 Å². The van der Waals surface area contributed by atoms with Crippen molar-refractivity contribution in [3.8, 4) is 5.75 Å². The van der Waals surface area contributed by atoms with Gasteiger partial charge in [0, 0.05) is 6.04 Å². The van der Waals surface area contributed by atoms with Crippen LogP contribution in [0, 0.1) is 0 Å². The molecule has 0 fully saturated rings. The van der Waals surface area contributed by atoms with Gasteiger partial charge in [-0.1, -0.05) is 0 Å². The van der Waals surface area contributed by atoms with Crippen LogP contribution in [-0.4, -0.2) is 19.6 Å². The van der Waals surface area contributed by atoms with E-state index in [2.05, 4.69) is 4.72 Å². The van der Waals surface area contributed by atoms with E-state index in [0.29, 0.717) is 0 Å². The van der Waals surface area contributed by atoms with Crippen molar-refractivity contribution in [1.82, 2.24) is 4.72 Å². The molecular formula is C9H14N2O3S. The highest BCUT2D eigenvalue weighted by Crippen LogP contribution is 2.22. The van der Waals surface area contributed by atoms with Crippen LogP contribution in [0.3, 0.4) is 0 Å². The third-order valence-corrected chi connectivity index (χ3v) is 3.36. The number of nitrogens with one attached hydrogen (secondary N) is 1. The van der Waals surface area contributed by atoms with Gasteiger partial charge in [0.1, 0.15) is 5.75 Å². The number of benzene rings is 1. The lowest BCUT2D eigenvalue weighted by atomic mass is 10.3. The van der Waals surface area contributed by atoms with Crippen LogP contribution in [-0.2, 0) is 10.0 Å². The first-order valence-corrected chi connectivity index (χ1v) is 5.92. The van der Waals surface area contributed by atoms with Crippen LogP contribution >= 0.6 is 0 Å². The van der Waals surface area contributed by atoms with Gasteiger partial charge in [0.15, 0.2) is 0 Å². The molecule has 0 aliphatic heterocycles. The molecule has 0 unspecified atom stereocenters. The molecule has 1 aromatic carbocycles. The molecule has 6 heteroatoms. The first-order valence-electron chi connectivity index (χ1n) is 4.44. The van der Waals surface area contributed by atoms with Crippen molar-refractivity contribution in [3.63, 3.8) is 0 Å². The molecule has 1 rings (SSSR count). The maximum atomic E-state index is 11.7. The lowest BCUT2D eigenvalue weighted by molar-refractivity contribution is 0.477. The van der Waals surface area contributed by atoms with Crippen molar-refractivity contribution in [2.75, 3.05) is 5.73 Å². The number of aromatic hydroxyl groups is 1. The highest BCUT2D eigenvalue weighted by molar-refractivity contribution is 7.89. The molecule has 0 radical (unpaired) electrons. The third kappa shape index (κ3) is 2.84. The van der Waals surface area contributed by atoms with Crippen LogP contribution in [0.1, 0.15) is 13.8 Å². The lowest BCUT2D eigenvalue weighted by Crippen LogP contribution is -2.30. The number of hydrogen-bond acceptors (Lipinski definition) is 4. The highest BCUT2D eigenvalue weighted by atomic mass is 32.2. The fourth-order valence-corrected chi connectivity index (χ4v) is 2.36. The normalized spacial score (nSPS) is 11.9. The topological polar surface area (TPSA) is 92.4 Å². The molecular weight excluding hydrogens is 216 g/mol. The molecule has 0 aliphatic rings. The fourth-order valence-electron chi connectivity index (χ4n) is 1.08. The maximum Gasteiger partial charge on any atom is 0.240 e. The first-order chi connectivity index (χ1) is 6.83. The van der Waals surface area contributed by atoms with Crippen molar-refractivity contribution in [2.24, 2.45) is 0 Å². The Bertz CT molecular complexity index is 454. The van der Waals surface area contributed by atoms with Crippen LogP contribution < -0.4 is 10.5 Å². The van der Waals surface area contributed by atoms with Crippen LogP contribution in [0.25, 0.3) is 0 Å². The zero-order chi connectivity index (χ0) is 11.6. The average molecular weight is 230 g/mol. The summed E-state index contributed by atoms with van der Waals surface area (Å²) in [5, 5.41) is 9.15. The molecule has 0 saturated heterocycles. The van der Waals surface area contributed by atoms with Gasteiger partial charge < -0.3 is 10.8 Å². The Morgan fingerprint density at radius 1 is 1.40 bits per heavy atom. The van der Waals surface area contributed by atoms with E-state index >= 15 is 0 Å². The quantitative estimate of drug-likeness (QED) is 0.525. The monoisotopic (exact) mass is 230 g/mol. The summed E-state index contributed by atoms with van der Waals surface area (Å²) in [6.07, 6.45) is 0. The average Bonchev–Trinajstić information content (AvgIpc) is 2.07. The molecule has 0 heterocycles. The van der Waals surface area contributed by atoms with Gasteiger partial charge in [-0.15, -0.1) is 0 Å². The SMILES string of the molecule is CC(C)NS(=O)(=O)c1ccc(O)c(N)c1. The number of rotatable bonds is 3. The first kappa shape index (κ1) is 11.8. The summed E-state index contributed by atoms with van der Waals surface area (Å²) < 4.78 is 25.7. The smallest absolute Gasteiger partial charge is 0.240 e. The number of phenols is 1. The summed E-state index contributed by atoms with van der Waals surface area (Å²) in [5.41, 5.74) is 5.45. The van der Waals surface area contributed by atoms with Crippen LogP contribution in [0.15, 0.2) is 23.1 Å². The number of nitrogen functional groups attached to an aromatic ring is 1. The second-order valence-electron chi connectivity index (χ2n) is 3.50. The van der Waals surface area contributed by atoms with Gasteiger partial charge in [0.2, 0.25) is 10.0 Å². The van der Waals surface area contributed by atoms with Crippen LogP contribution in [0.2, 0.25) is 0 Å². The van der Waals surface area contributed by atoms with E-state index in [4.69, 9.17) is 10.8 Å². The third-order valence-electron chi connectivity index (χ3n) is 1.70. The Morgan fingerprint density at radius 3 is 2.47 bits per heavy atom. The minimum absolute atomic E-state index is 0.0432. The summed E-state index contributed by atoms with van der Waals surface area (Å²) in [7, 11) is -3.54. The van der Waals surface area contributed by atoms with Crippen molar-refractivity contribution in [3.05, 3.63) is 18.2 Å². The molecule has 0 atom stereocenters. The van der Waals surface area contributed by atoms with E-state index in [-0.39, 0.29) is 22.4 Å². The zero-order valence-electron chi connectivity index (χ0n) is 8.56. The van der Waals surface area contributed by atoms with E-state index in [0.717, 1.165) is 0 Å². The fraction of sp³-hybridized carbons (Fsp3) is 0.333. The maximum absolute atomic E-state index is 11.7. The number of sulfonamides is 1. The molecule has 0 bridgehead atoms. The zero-order valence-corrected chi connectivity index (χ0v) is 9.38. The van der Waals surface area contributed by atoms with Gasteiger partial charge in [0.05, 0.1) is 10.6 Å². The summed E-state index contributed by atoms with van der Waals surface area (Å²) in [5.74, 6) is -0.126. The number of nitrogens with two attached hydrogens (primary N) is 1. The van der Waals surface area contributed by atoms with Crippen molar-refractivity contribution >= 4 is 15.7 Å². The molecule has 4 N–H and O–H groups in total. The summed E-state index contributed by atoms with van der Waals surface area (Å²) in [6, 6.07) is 3.59. The minimum Gasteiger partial charge on any atom is -0.506 e. The molecule has 5 nitrogen and oxygen atoms in total. The van der Waals surface area contributed by atoms with Gasteiger partial charge in [-0.25, -0.2) is 13.1 Å². The van der Waals surface area contributed by atoms with Crippen LogP contribution in [0.5, 0.6) is 5.75 Å². The summed E-state index contributed by atoms with van der Waals surface area (Å²) >= 11 is 0. The van der Waals surface area contributed by atoms with Gasteiger partial charge in [0.25, 0.3) is 0 Å². The second-order valence-corrected chi connectivity index (χ2v) is 5.21. The van der Waals surface area contributed by atoms with E-state index in [9.17, 15) is 8.42 Å². The number of hydrogen-bond donors (Lipinski definition) is 3. The molecule has 0 spiro atoms. The second kappa shape index (κ2) is 4.08. The minimum atomic E-state index is -3.54. The Kier molecular flexibility index (Phi) is 3.21. The molecule has 0 amide bonds. The van der Waals surface area contributed by atoms with E-state index < -0.39 is 10.0 Å². The Morgan fingerprint density at radius 2 is 2.00 bits per heavy atom.